The Balaban J connectivity index is 1.69. The molecule has 4 rings (SSSR count). The Morgan fingerprint density at radius 2 is 1.62 bits per heavy atom. The van der Waals surface area contributed by atoms with Crippen LogP contribution in [-0.4, -0.2) is 45.3 Å². The first-order valence-corrected chi connectivity index (χ1v) is 14.4. The van der Waals surface area contributed by atoms with Crippen molar-refractivity contribution >= 4 is 35.9 Å². The summed E-state index contributed by atoms with van der Waals surface area (Å²) in [6.45, 7) is -1.84. The first-order valence-electron chi connectivity index (χ1n) is 11.5. The molecule has 9 nitrogen and oxygen atoms in total. The van der Waals surface area contributed by atoms with E-state index in [0.717, 1.165) is 11.1 Å². The number of alkyl halides is 4. The van der Waals surface area contributed by atoms with Gasteiger partial charge in [-0.1, -0.05) is 47.0 Å². The molecule has 1 fully saturated rings. The van der Waals surface area contributed by atoms with Crippen molar-refractivity contribution in [1.29, 1.82) is 0 Å². The van der Waals surface area contributed by atoms with Crippen molar-refractivity contribution in [1.82, 2.24) is 9.55 Å². The highest BCUT2D eigenvalue weighted by molar-refractivity contribution is 8.07. The summed E-state index contributed by atoms with van der Waals surface area (Å²) in [5.74, 6) is -4.62. The third-order valence-electron chi connectivity index (χ3n) is 5.97. The molecule has 40 heavy (non-hydrogen) atoms. The summed E-state index contributed by atoms with van der Waals surface area (Å²) in [5.41, 5.74) is 2.41. The lowest BCUT2D eigenvalue weighted by molar-refractivity contribution is -0.192. The van der Waals surface area contributed by atoms with Crippen LogP contribution in [0.1, 0.15) is 17.4 Å². The zero-order valence-electron chi connectivity index (χ0n) is 20.8. The minimum atomic E-state index is -4.44. The molecular formula is C24H23ClF4N3O6PS. The smallest absolute Gasteiger partial charge is 0.416 e. The van der Waals surface area contributed by atoms with Crippen molar-refractivity contribution < 1.29 is 41.0 Å². The number of aliphatic hydroxyl groups is 1. The number of anilines is 1. The molecule has 0 bridgehead atoms. The van der Waals surface area contributed by atoms with Gasteiger partial charge in [0, 0.05) is 18.0 Å². The first kappa shape index (κ1) is 30.2. The van der Waals surface area contributed by atoms with Crippen LogP contribution in [0.25, 0.3) is 0 Å². The number of benzene rings is 2. The fourth-order valence-corrected chi connectivity index (χ4v) is 5.82. The zero-order valence-corrected chi connectivity index (χ0v) is 23.3. The molecule has 0 unspecified atom stereocenters. The van der Waals surface area contributed by atoms with E-state index in [4.69, 9.17) is 47.4 Å². The Morgan fingerprint density at radius 3 is 2.10 bits per heavy atom. The van der Waals surface area contributed by atoms with Crippen LogP contribution in [-0.2, 0) is 21.1 Å². The van der Waals surface area contributed by atoms with Gasteiger partial charge in [0.1, 0.15) is 17.3 Å². The van der Waals surface area contributed by atoms with E-state index in [9.17, 15) is 18.7 Å². The summed E-state index contributed by atoms with van der Waals surface area (Å²) < 4.78 is 81.6. The summed E-state index contributed by atoms with van der Waals surface area (Å²) in [4.78, 5) is 15.6. The molecule has 1 aliphatic heterocycles. The van der Waals surface area contributed by atoms with E-state index < -0.39 is 60.1 Å². The van der Waals surface area contributed by atoms with E-state index in [1.807, 2.05) is 13.8 Å². The van der Waals surface area contributed by atoms with Gasteiger partial charge >= 0.3 is 18.3 Å². The Kier molecular flexibility index (Phi) is 8.51. The van der Waals surface area contributed by atoms with Gasteiger partial charge in [0.05, 0.1) is 11.6 Å². The number of hydrogen-bond donors (Lipinski definition) is 2. The highest BCUT2D eigenvalue weighted by atomic mass is 35.5. The molecule has 3 atom stereocenters. The largest absolute Gasteiger partial charge is 0.435 e. The SMILES string of the molecule is Cc1ccc(OP(=S)(OC[C@@]2(C(F)F)O[C@@H](n3cc(Cl)c(N)nc3=O)C(F)(F)[C@@H]2O)Oc2ccc(C)cc2)cc1. The Hall–Kier alpha value is -2.74. The van der Waals surface area contributed by atoms with Gasteiger partial charge in [0.25, 0.3) is 6.43 Å². The zero-order chi connectivity index (χ0) is 29.5. The van der Waals surface area contributed by atoms with E-state index in [1.165, 1.54) is 24.3 Å². The minimum Gasteiger partial charge on any atom is -0.416 e. The number of aromatic nitrogens is 2. The maximum atomic E-state index is 15.2. The van der Waals surface area contributed by atoms with Crippen LogP contribution in [0.4, 0.5) is 23.4 Å². The second-order valence-corrected chi connectivity index (χ2v) is 12.3. The van der Waals surface area contributed by atoms with E-state index in [2.05, 4.69) is 4.98 Å². The van der Waals surface area contributed by atoms with Crippen LogP contribution >= 0.6 is 18.3 Å². The number of hydrogen-bond acceptors (Lipinski definition) is 9. The molecule has 2 aromatic carbocycles. The minimum absolute atomic E-state index is 0.150. The highest BCUT2D eigenvalue weighted by Gasteiger charge is 2.71. The summed E-state index contributed by atoms with van der Waals surface area (Å²) in [6.07, 6.45) is -9.03. The molecule has 3 aromatic rings. The molecule has 0 saturated carbocycles. The van der Waals surface area contributed by atoms with Crippen LogP contribution in [0.3, 0.4) is 0 Å². The van der Waals surface area contributed by atoms with Crippen molar-refractivity contribution in [2.45, 2.75) is 44.1 Å². The monoisotopic (exact) mass is 623 g/mol. The van der Waals surface area contributed by atoms with Gasteiger partial charge < -0.3 is 24.6 Å². The van der Waals surface area contributed by atoms with Gasteiger partial charge in [-0.2, -0.15) is 13.8 Å². The third kappa shape index (κ3) is 5.97. The van der Waals surface area contributed by atoms with Crippen molar-refractivity contribution in [2.24, 2.45) is 0 Å². The average molecular weight is 624 g/mol. The Morgan fingerprint density at radius 1 is 1.12 bits per heavy atom. The molecule has 2 heterocycles. The Bertz CT molecular complexity index is 1430. The summed E-state index contributed by atoms with van der Waals surface area (Å²) >= 11 is 11.2. The Labute approximate surface area is 235 Å². The summed E-state index contributed by atoms with van der Waals surface area (Å²) in [5, 5.41) is 10.1. The lowest BCUT2D eigenvalue weighted by Gasteiger charge is -2.32. The normalized spacial score (nSPS) is 22.4. The topological polar surface area (TPSA) is 118 Å². The lowest BCUT2D eigenvalue weighted by atomic mass is 9.96. The van der Waals surface area contributed by atoms with Crippen LogP contribution in [0.2, 0.25) is 5.02 Å². The summed E-state index contributed by atoms with van der Waals surface area (Å²) in [6, 6.07) is 12.8. The summed E-state index contributed by atoms with van der Waals surface area (Å²) in [7, 11) is 0. The van der Waals surface area contributed by atoms with Gasteiger partial charge in [0.2, 0.25) is 6.23 Å². The molecule has 0 radical (unpaired) electrons. The van der Waals surface area contributed by atoms with Gasteiger partial charge in [-0.15, -0.1) is 0 Å². The van der Waals surface area contributed by atoms with Gasteiger partial charge in [-0.25, -0.2) is 13.6 Å². The van der Waals surface area contributed by atoms with Crippen LogP contribution < -0.4 is 20.5 Å². The predicted molar refractivity (Wildman–Crippen MR) is 142 cm³/mol. The molecule has 0 spiro atoms. The molecule has 1 saturated heterocycles. The van der Waals surface area contributed by atoms with Crippen molar-refractivity contribution in [3.8, 4) is 11.5 Å². The maximum absolute atomic E-state index is 15.2. The molecule has 0 amide bonds. The number of aryl methyl sites for hydroxylation is 2. The van der Waals surface area contributed by atoms with Crippen molar-refractivity contribution in [3.63, 3.8) is 0 Å². The molecule has 1 aliphatic rings. The van der Waals surface area contributed by atoms with Crippen molar-refractivity contribution in [3.05, 3.63) is 81.4 Å². The van der Waals surface area contributed by atoms with Gasteiger partial charge in [-0.3, -0.25) is 9.09 Å². The highest BCUT2D eigenvalue weighted by Crippen LogP contribution is 2.55. The molecule has 0 aliphatic carbocycles. The lowest BCUT2D eigenvalue weighted by Crippen LogP contribution is -2.54. The number of rotatable bonds is 9. The van der Waals surface area contributed by atoms with E-state index in [0.29, 0.717) is 6.20 Å². The standard InChI is InChI=1S/C24H23ClF4N3O6PS/c1-13-3-7-15(8-4-13)37-39(40,38-16-9-5-14(2)6-10-16)35-12-23(20(26)27)19(33)24(28,29)21(36-23)32-11-17(25)18(30)31-22(32)34/h3-11,19-21,33H,12H2,1-2H3,(H2,30,31,34)/t19-,21-,23-/m1/s1. The average Bonchev–Trinajstić information content (AvgIpc) is 3.09. The van der Waals surface area contributed by atoms with E-state index >= 15 is 8.78 Å². The van der Waals surface area contributed by atoms with E-state index in [-0.39, 0.29) is 16.1 Å². The van der Waals surface area contributed by atoms with Crippen molar-refractivity contribution in [2.75, 3.05) is 12.3 Å². The number of halogens is 5. The van der Waals surface area contributed by atoms with Crippen LogP contribution in [0.5, 0.6) is 11.5 Å². The fourth-order valence-electron chi connectivity index (χ4n) is 3.73. The number of nitrogens with two attached hydrogens (primary N) is 1. The fraction of sp³-hybridized carbons (Fsp3) is 0.333. The van der Waals surface area contributed by atoms with Crippen LogP contribution in [0, 0.1) is 13.8 Å². The van der Waals surface area contributed by atoms with Crippen LogP contribution in [0.15, 0.2) is 59.5 Å². The molecule has 1 aromatic heterocycles. The number of nitrogen functional groups attached to an aromatic ring is 1. The molecular weight excluding hydrogens is 601 g/mol. The number of nitrogens with zero attached hydrogens (tertiary/aromatic N) is 2. The van der Waals surface area contributed by atoms with Gasteiger partial charge in [0.15, 0.2) is 11.7 Å². The second-order valence-electron chi connectivity index (χ2n) is 9.00. The molecule has 3 N–H and O–H groups in total. The van der Waals surface area contributed by atoms with E-state index in [1.54, 1.807) is 24.3 Å². The maximum Gasteiger partial charge on any atom is 0.435 e. The quantitative estimate of drug-likeness (QED) is 0.250. The second kappa shape index (κ2) is 11.3. The number of ether oxygens (including phenoxy) is 1. The van der Waals surface area contributed by atoms with Gasteiger partial charge in [-0.05, 0) is 38.1 Å². The molecule has 16 heteroatoms. The molecule has 216 valence electrons. The first-order chi connectivity index (χ1) is 18.7. The third-order valence-corrected chi connectivity index (χ3v) is 8.34. The predicted octanol–water partition coefficient (Wildman–Crippen LogP) is 5.02. The number of aliphatic hydroxyl groups excluding tert-OH is 1.